The van der Waals surface area contributed by atoms with Crippen molar-refractivity contribution in [3.63, 3.8) is 0 Å². The predicted octanol–water partition coefficient (Wildman–Crippen LogP) is 14.0. The number of aromatic nitrogens is 4. The van der Waals surface area contributed by atoms with E-state index in [0.29, 0.717) is 5.95 Å². The van der Waals surface area contributed by atoms with E-state index in [1.807, 2.05) is 0 Å². The van der Waals surface area contributed by atoms with Gasteiger partial charge >= 0.3 is 0 Å². The fourth-order valence-corrected chi connectivity index (χ4v) is 9.75. The monoisotopic (exact) mass is 744 g/mol. The molecule has 0 radical (unpaired) electrons. The third-order valence-electron chi connectivity index (χ3n) is 11.4. The van der Waals surface area contributed by atoms with E-state index in [-0.39, 0.29) is 0 Å². The van der Waals surface area contributed by atoms with Crippen LogP contribution in [0.3, 0.4) is 0 Å². The van der Waals surface area contributed by atoms with Crippen LogP contribution in [0.15, 0.2) is 193 Å². The van der Waals surface area contributed by atoms with Crippen molar-refractivity contribution >= 4 is 75.9 Å². The average Bonchev–Trinajstić information content (AvgIpc) is 3.96. The summed E-state index contributed by atoms with van der Waals surface area (Å²) >= 11 is 1.71. The van der Waals surface area contributed by atoms with Gasteiger partial charge in [0, 0.05) is 43.7 Å². The Morgan fingerprint density at radius 1 is 0.386 bits per heavy atom. The Labute approximate surface area is 332 Å². The van der Waals surface area contributed by atoms with Gasteiger partial charge in [-0.05, 0) is 82.1 Å². The van der Waals surface area contributed by atoms with E-state index < -0.39 is 0 Å². The average molecular weight is 745 g/mol. The summed E-state index contributed by atoms with van der Waals surface area (Å²) < 4.78 is 5.73. The molecule has 0 N–H and O–H groups in total. The van der Waals surface area contributed by atoms with Gasteiger partial charge < -0.3 is 4.57 Å². The molecule has 0 unspecified atom stereocenters. The summed E-state index contributed by atoms with van der Waals surface area (Å²) in [5.41, 5.74) is 13.3. The molecule has 0 saturated carbocycles. The number of benzene rings is 8. The van der Waals surface area contributed by atoms with Crippen molar-refractivity contribution in [1.29, 1.82) is 0 Å². The highest BCUT2D eigenvalue weighted by Gasteiger charge is 2.22. The van der Waals surface area contributed by atoms with E-state index in [9.17, 15) is 0 Å². The van der Waals surface area contributed by atoms with E-state index in [2.05, 4.69) is 203 Å². The Bertz CT molecular complexity index is 3510. The number of para-hydroxylation sites is 2. The molecule has 0 aliphatic rings. The normalized spacial score (nSPS) is 11.9. The Morgan fingerprint density at radius 3 is 1.68 bits per heavy atom. The van der Waals surface area contributed by atoms with Crippen LogP contribution in [0.2, 0.25) is 0 Å². The first-order chi connectivity index (χ1) is 28.3. The van der Waals surface area contributed by atoms with Crippen LogP contribution in [0.25, 0.3) is 110 Å². The lowest BCUT2D eigenvalue weighted by atomic mass is 10.00. The minimum absolute atomic E-state index is 0.662. The maximum Gasteiger partial charge on any atom is 0.235 e. The molecule has 0 fully saturated rings. The summed E-state index contributed by atoms with van der Waals surface area (Å²) in [6.07, 6.45) is 0. The maximum absolute atomic E-state index is 5.45. The molecule has 0 bridgehead atoms. The standard InChI is InChI=1S/C52H32N4S/c1-4-14-33(15-5-1)44-32-57-51-49(34-16-6-2-7-17-34)53-52(54-50(44)51)56-47-27-25-38(30-42(47)43-28-35-18-10-11-19-36(35)31-48(43)56)37-24-26-46-41(29-37)40-22-12-13-23-45(40)55(46)39-20-8-3-9-21-39/h1-32H. The van der Waals surface area contributed by atoms with Crippen LogP contribution in [0.5, 0.6) is 0 Å². The van der Waals surface area contributed by atoms with E-state index in [0.717, 1.165) is 49.3 Å². The highest BCUT2D eigenvalue weighted by molar-refractivity contribution is 7.18. The molecule has 12 rings (SSSR count). The zero-order chi connectivity index (χ0) is 37.5. The number of nitrogens with zero attached hydrogens (tertiary/aromatic N) is 4. The van der Waals surface area contributed by atoms with Gasteiger partial charge in [0.2, 0.25) is 5.95 Å². The Kier molecular flexibility index (Phi) is 7.06. The minimum Gasteiger partial charge on any atom is -0.309 e. The summed E-state index contributed by atoms with van der Waals surface area (Å²) in [7, 11) is 0. The zero-order valence-electron chi connectivity index (χ0n) is 30.7. The second kappa shape index (κ2) is 12.6. The molecule has 4 aromatic heterocycles. The second-order valence-electron chi connectivity index (χ2n) is 14.6. The predicted molar refractivity (Wildman–Crippen MR) is 240 cm³/mol. The number of thiophene rings is 1. The SMILES string of the molecule is c1ccc(-c2csc3c(-c4ccccc4)nc(-n4c5ccc(-c6ccc7c(c6)c6ccccc6n7-c6ccccc6)cc5c5cc6ccccc6cc54)nc23)cc1. The molecular weight excluding hydrogens is 713 g/mol. The first-order valence-electron chi connectivity index (χ1n) is 19.2. The number of rotatable bonds is 5. The van der Waals surface area contributed by atoms with Crippen LogP contribution in [-0.4, -0.2) is 19.1 Å². The van der Waals surface area contributed by atoms with Gasteiger partial charge in [-0.2, -0.15) is 0 Å². The second-order valence-corrected chi connectivity index (χ2v) is 15.5. The maximum atomic E-state index is 5.45. The van der Waals surface area contributed by atoms with Crippen LogP contribution >= 0.6 is 11.3 Å². The minimum atomic E-state index is 0.662. The van der Waals surface area contributed by atoms with E-state index in [1.54, 1.807) is 11.3 Å². The molecule has 8 aromatic carbocycles. The van der Waals surface area contributed by atoms with Crippen molar-refractivity contribution < 1.29 is 0 Å². The topological polar surface area (TPSA) is 35.6 Å². The van der Waals surface area contributed by atoms with Gasteiger partial charge in [-0.3, -0.25) is 4.57 Å². The molecule has 0 saturated heterocycles. The molecule has 12 aromatic rings. The van der Waals surface area contributed by atoms with Crippen molar-refractivity contribution in [2.45, 2.75) is 0 Å². The molecular formula is C52H32N4S. The quantitative estimate of drug-likeness (QED) is 0.176. The molecule has 0 spiro atoms. The Hall–Kier alpha value is -7.34. The molecule has 0 amide bonds. The third kappa shape index (κ3) is 4.99. The lowest BCUT2D eigenvalue weighted by molar-refractivity contribution is 1.02. The Balaban J connectivity index is 1.11. The van der Waals surface area contributed by atoms with Gasteiger partial charge in [-0.1, -0.05) is 133 Å². The Morgan fingerprint density at radius 2 is 0.947 bits per heavy atom. The van der Waals surface area contributed by atoms with E-state index in [4.69, 9.17) is 9.97 Å². The van der Waals surface area contributed by atoms with Gasteiger partial charge in [0.05, 0.1) is 38.0 Å². The van der Waals surface area contributed by atoms with E-state index in [1.165, 1.54) is 54.5 Å². The fourth-order valence-electron chi connectivity index (χ4n) is 8.73. The summed E-state index contributed by atoms with van der Waals surface area (Å²) in [6, 6.07) is 67.5. The van der Waals surface area contributed by atoms with Crippen LogP contribution in [0.4, 0.5) is 0 Å². The molecule has 266 valence electrons. The lowest BCUT2D eigenvalue weighted by Crippen LogP contribution is -2.03. The van der Waals surface area contributed by atoms with Crippen molar-refractivity contribution in [2.75, 3.05) is 0 Å². The van der Waals surface area contributed by atoms with Crippen molar-refractivity contribution in [3.05, 3.63) is 193 Å². The molecule has 57 heavy (non-hydrogen) atoms. The number of hydrogen-bond acceptors (Lipinski definition) is 3. The van der Waals surface area contributed by atoms with Crippen LogP contribution in [0, 0.1) is 0 Å². The van der Waals surface area contributed by atoms with Crippen LogP contribution in [0.1, 0.15) is 0 Å². The highest BCUT2D eigenvalue weighted by atomic mass is 32.1. The zero-order valence-corrected chi connectivity index (χ0v) is 31.5. The van der Waals surface area contributed by atoms with Crippen molar-refractivity contribution in [2.24, 2.45) is 0 Å². The summed E-state index contributed by atoms with van der Waals surface area (Å²) in [5, 5.41) is 9.43. The largest absolute Gasteiger partial charge is 0.309 e. The number of fused-ring (bicyclic) bond motifs is 8. The molecule has 0 aliphatic heterocycles. The van der Waals surface area contributed by atoms with Gasteiger partial charge in [0.25, 0.3) is 0 Å². The van der Waals surface area contributed by atoms with Crippen LogP contribution < -0.4 is 0 Å². The first-order valence-corrected chi connectivity index (χ1v) is 20.1. The molecule has 4 heterocycles. The van der Waals surface area contributed by atoms with Gasteiger partial charge in [-0.25, -0.2) is 9.97 Å². The van der Waals surface area contributed by atoms with Crippen LogP contribution in [-0.2, 0) is 0 Å². The highest BCUT2D eigenvalue weighted by Crippen LogP contribution is 2.42. The van der Waals surface area contributed by atoms with Crippen molar-refractivity contribution in [3.8, 4) is 45.1 Å². The lowest BCUT2D eigenvalue weighted by Gasteiger charge is -2.11. The van der Waals surface area contributed by atoms with Crippen molar-refractivity contribution in [1.82, 2.24) is 19.1 Å². The van der Waals surface area contributed by atoms with E-state index >= 15 is 0 Å². The number of hydrogen-bond donors (Lipinski definition) is 0. The molecule has 0 aliphatic carbocycles. The fraction of sp³-hybridized carbons (Fsp3) is 0. The summed E-state index contributed by atoms with van der Waals surface area (Å²) in [5.74, 6) is 0.662. The molecule has 4 nitrogen and oxygen atoms in total. The smallest absolute Gasteiger partial charge is 0.235 e. The first kappa shape index (κ1) is 32.0. The van der Waals surface area contributed by atoms with Gasteiger partial charge in [-0.15, -0.1) is 11.3 Å². The molecule has 0 atom stereocenters. The third-order valence-corrected chi connectivity index (χ3v) is 12.4. The van der Waals surface area contributed by atoms with Gasteiger partial charge in [0.1, 0.15) is 0 Å². The molecule has 5 heteroatoms. The van der Waals surface area contributed by atoms with Gasteiger partial charge in [0.15, 0.2) is 0 Å². The summed E-state index contributed by atoms with van der Waals surface area (Å²) in [4.78, 5) is 10.9. The summed E-state index contributed by atoms with van der Waals surface area (Å²) in [6.45, 7) is 0.